The van der Waals surface area contributed by atoms with Gasteiger partial charge in [0.1, 0.15) is 11.9 Å². The number of rotatable bonds is 12. The minimum absolute atomic E-state index is 0.00622. The van der Waals surface area contributed by atoms with Gasteiger partial charge in [-0.3, -0.25) is 13.9 Å². The minimum atomic E-state index is -3.57. The van der Waals surface area contributed by atoms with Crippen LogP contribution in [0.2, 0.25) is 0 Å². The number of benzene rings is 2. The molecular weight excluding hydrogens is 481 g/mol. The van der Waals surface area contributed by atoms with Gasteiger partial charge in [0, 0.05) is 31.1 Å². The van der Waals surface area contributed by atoms with E-state index >= 15 is 0 Å². The van der Waals surface area contributed by atoms with Gasteiger partial charge in [-0.2, -0.15) is 0 Å². The van der Waals surface area contributed by atoms with Gasteiger partial charge in [0.2, 0.25) is 21.8 Å². The number of nitrogens with zero attached hydrogens (tertiary/aromatic N) is 2. The maximum Gasteiger partial charge on any atom is 0.242 e. The van der Waals surface area contributed by atoms with Gasteiger partial charge >= 0.3 is 0 Å². The van der Waals surface area contributed by atoms with E-state index in [1.54, 1.807) is 31.2 Å². The number of halogens is 1. The number of anilines is 1. The summed E-state index contributed by atoms with van der Waals surface area (Å²) < 4.78 is 40.6. The number of carbonyl (C=O) groups excluding carboxylic acids is 2. The van der Waals surface area contributed by atoms with Crippen LogP contribution in [0.3, 0.4) is 0 Å². The third-order valence-electron chi connectivity index (χ3n) is 6.40. The molecule has 0 bridgehead atoms. The summed E-state index contributed by atoms with van der Waals surface area (Å²) in [6.45, 7) is 9.34. The molecule has 2 amide bonds. The Morgan fingerprint density at radius 2 is 1.72 bits per heavy atom. The third-order valence-corrected chi connectivity index (χ3v) is 7.59. The van der Waals surface area contributed by atoms with Crippen molar-refractivity contribution in [3.63, 3.8) is 0 Å². The molecule has 0 radical (unpaired) electrons. The molecule has 0 heterocycles. The van der Waals surface area contributed by atoms with Gasteiger partial charge in [0.25, 0.3) is 0 Å². The maximum absolute atomic E-state index is 14.4. The van der Waals surface area contributed by atoms with Crippen molar-refractivity contribution in [2.75, 3.05) is 17.1 Å². The molecule has 0 aromatic heterocycles. The van der Waals surface area contributed by atoms with Crippen molar-refractivity contribution in [3.8, 4) is 0 Å². The zero-order chi connectivity index (χ0) is 27.0. The van der Waals surface area contributed by atoms with Crippen molar-refractivity contribution in [2.45, 2.75) is 72.5 Å². The lowest BCUT2D eigenvalue weighted by Gasteiger charge is -2.30. The summed E-state index contributed by atoms with van der Waals surface area (Å²) in [6, 6.07) is 10.7. The number of carbonyl (C=O) groups is 2. The molecule has 0 spiro atoms. The van der Waals surface area contributed by atoms with E-state index < -0.39 is 21.9 Å². The van der Waals surface area contributed by atoms with Crippen molar-refractivity contribution in [2.24, 2.45) is 0 Å². The largest absolute Gasteiger partial charge is 0.352 e. The van der Waals surface area contributed by atoms with Gasteiger partial charge in [0.15, 0.2) is 0 Å². The highest BCUT2D eigenvalue weighted by Crippen LogP contribution is 2.22. The molecule has 0 saturated carbocycles. The van der Waals surface area contributed by atoms with E-state index in [0.29, 0.717) is 11.3 Å². The Kier molecular flexibility index (Phi) is 10.5. The lowest BCUT2D eigenvalue weighted by Crippen LogP contribution is -2.49. The Hall–Kier alpha value is -2.94. The van der Waals surface area contributed by atoms with Crippen molar-refractivity contribution in [1.29, 1.82) is 0 Å². The maximum atomic E-state index is 14.4. The molecule has 2 rings (SSSR count). The molecular formula is C27H38FN3O4S. The minimum Gasteiger partial charge on any atom is -0.352 e. The second-order valence-corrected chi connectivity index (χ2v) is 11.2. The Morgan fingerprint density at radius 1 is 1.06 bits per heavy atom. The number of amides is 2. The predicted molar refractivity (Wildman–Crippen MR) is 142 cm³/mol. The van der Waals surface area contributed by atoms with Crippen LogP contribution in [0.4, 0.5) is 10.1 Å². The van der Waals surface area contributed by atoms with E-state index in [1.165, 1.54) is 15.3 Å². The fraction of sp³-hybridized carbons (Fsp3) is 0.481. The molecule has 1 N–H and O–H groups in total. The molecule has 0 aliphatic heterocycles. The molecule has 0 unspecified atom stereocenters. The predicted octanol–water partition coefficient (Wildman–Crippen LogP) is 4.32. The smallest absolute Gasteiger partial charge is 0.242 e. The van der Waals surface area contributed by atoms with Crippen LogP contribution in [0.1, 0.15) is 56.7 Å². The quantitative estimate of drug-likeness (QED) is 0.453. The van der Waals surface area contributed by atoms with Gasteiger partial charge in [-0.1, -0.05) is 31.2 Å². The number of sulfonamides is 1. The van der Waals surface area contributed by atoms with Gasteiger partial charge in [0.05, 0.1) is 11.9 Å². The highest BCUT2D eigenvalue weighted by atomic mass is 32.2. The molecule has 198 valence electrons. The van der Waals surface area contributed by atoms with Gasteiger partial charge in [-0.15, -0.1) is 0 Å². The fourth-order valence-electron chi connectivity index (χ4n) is 3.74. The first kappa shape index (κ1) is 29.3. The van der Waals surface area contributed by atoms with Crippen LogP contribution >= 0.6 is 0 Å². The average Bonchev–Trinajstić information content (AvgIpc) is 2.81. The van der Waals surface area contributed by atoms with Crippen LogP contribution in [-0.4, -0.2) is 50.0 Å². The molecule has 0 aliphatic rings. The van der Waals surface area contributed by atoms with Crippen LogP contribution in [0, 0.1) is 19.7 Å². The van der Waals surface area contributed by atoms with E-state index in [9.17, 15) is 22.4 Å². The summed E-state index contributed by atoms with van der Waals surface area (Å²) in [4.78, 5) is 27.4. The Bertz CT molecular complexity index is 1170. The van der Waals surface area contributed by atoms with Crippen LogP contribution in [0.25, 0.3) is 0 Å². The van der Waals surface area contributed by atoms with Gasteiger partial charge in [-0.25, -0.2) is 12.8 Å². The fourth-order valence-corrected chi connectivity index (χ4v) is 4.70. The zero-order valence-corrected chi connectivity index (χ0v) is 22.9. The van der Waals surface area contributed by atoms with E-state index in [4.69, 9.17) is 0 Å². The highest BCUT2D eigenvalue weighted by Gasteiger charge is 2.28. The molecule has 2 atom stereocenters. The number of hydrogen-bond acceptors (Lipinski definition) is 4. The van der Waals surface area contributed by atoms with Crippen molar-refractivity contribution in [3.05, 3.63) is 65.0 Å². The molecule has 9 heteroatoms. The zero-order valence-electron chi connectivity index (χ0n) is 22.0. The second kappa shape index (κ2) is 12.9. The average molecular weight is 520 g/mol. The van der Waals surface area contributed by atoms with Crippen LogP contribution in [-0.2, 0) is 26.2 Å². The van der Waals surface area contributed by atoms with Crippen LogP contribution in [0.15, 0.2) is 42.5 Å². The second-order valence-electron chi connectivity index (χ2n) is 9.31. The summed E-state index contributed by atoms with van der Waals surface area (Å²) in [6.07, 6.45) is 2.12. The van der Waals surface area contributed by atoms with Gasteiger partial charge in [-0.05, 0) is 69.9 Å². The summed E-state index contributed by atoms with van der Waals surface area (Å²) in [5.41, 5.74) is 2.87. The van der Waals surface area contributed by atoms with E-state index in [2.05, 4.69) is 5.32 Å². The number of hydrogen-bond donors (Lipinski definition) is 1. The van der Waals surface area contributed by atoms with Crippen molar-refractivity contribution in [1.82, 2.24) is 10.2 Å². The van der Waals surface area contributed by atoms with Crippen molar-refractivity contribution < 1.29 is 22.4 Å². The third kappa shape index (κ3) is 8.05. The molecule has 0 saturated heterocycles. The summed E-state index contributed by atoms with van der Waals surface area (Å²) in [5, 5.41) is 2.88. The molecule has 7 nitrogen and oxygen atoms in total. The van der Waals surface area contributed by atoms with E-state index in [0.717, 1.165) is 23.8 Å². The lowest BCUT2D eigenvalue weighted by molar-refractivity contribution is -0.141. The van der Waals surface area contributed by atoms with Gasteiger partial charge < -0.3 is 10.2 Å². The Balaban J connectivity index is 2.20. The summed E-state index contributed by atoms with van der Waals surface area (Å²) in [7, 11) is -3.57. The lowest BCUT2D eigenvalue weighted by atomic mass is 10.1. The topological polar surface area (TPSA) is 86.8 Å². The Labute approximate surface area is 214 Å². The number of nitrogens with one attached hydrogen (secondary N) is 1. The SMILES string of the molecule is CC[C@@H](C)NC(=O)[C@H](C)N(Cc1ccccc1F)C(=O)CCCN(c1ccc(C)c(C)c1)S(C)(=O)=O. The van der Waals surface area contributed by atoms with Crippen molar-refractivity contribution >= 4 is 27.5 Å². The highest BCUT2D eigenvalue weighted by molar-refractivity contribution is 7.92. The molecule has 2 aromatic carbocycles. The Morgan fingerprint density at radius 3 is 2.31 bits per heavy atom. The summed E-state index contributed by atoms with van der Waals surface area (Å²) in [5.74, 6) is -1.12. The normalized spacial score (nSPS) is 13.1. The first-order valence-corrected chi connectivity index (χ1v) is 14.1. The first-order chi connectivity index (χ1) is 16.8. The van der Waals surface area contributed by atoms with Crippen LogP contribution < -0.4 is 9.62 Å². The standard InChI is InChI=1S/C27H38FN3O4S/c1-7-21(4)29-27(33)22(5)30(18-23-11-8-9-12-25(23)28)26(32)13-10-16-31(36(6,34)35)24-15-14-19(2)20(3)17-24/h8-9,11-12,14-15,17,21-22H,7,10,13,16,18H2,1-6H3,(H,29,33)/t21-,22+/m1/s1. The molecule has 36 heavy (non-hydrogen) atoms. The van der Waals surface area contributed by atoms with E-state index in [-0.39, 0.29) is 43.8 Å². The monoisotopic (exact) mass is 519 g/mol. The molecule has 2 aromatic rings. The molecule has 0 fully saturated rings. The summed E-state index contributed by atoms with van der Waals surface area (Å²) >= 11 is 0. The first-order valence-electron chi connectivity index (χ1n) is 12.2. The number of aryl methyl sites for hydroxylation is 2. The van der Waals surface area contributed by atoms with Crippen LogP contribution in [0.5, 0.6) is 0 Å². The van der Waals surface area contributed by atoms with E-state index in [1.807, 2.05) is 39.8 Å². The molecule has 0 aliphatic carbocycles.